The third-order valence-corrected chi connectivity index (χ3v) is 9.39. The predicted molar refractivity (Wildman–Crippen MR) is 191 cm³/mol. The molecule has 0 aliphatic carbocycles. The highest BCUT2D eigenvalue weighted by molar-refractivity contribution is 7.47. The fourth-order valence-electron chi connectivity index (χ4n) is 5.64. The minimum Gasteiger partial charge on any atom is -0.493 e. The first kappa shape index (κ1) is 37.4. The van der Waals surface area contributed by atoms with Crippen LogP contribution in [0.15, 0.2) is 85.1 Å². The van der Waals surface area contributed by atoms with Gasteiger partial charge in [0.2, 0.25) is 5.52 Å². The number of hydrogen-bond donors (Lipinski definition) is 1. The number of hydrogen-bond acceptors (Lipinski definition) is 6. The molecule has 0 saturated heterocycles. The number of benzene rings is 3. The van der Waals surface area contributed by atoms with Crippen LogP contribution in [0.3, 0.4) is 0 Å². The van der Waals surface area contributed by atoms with Crippen LogP contribution in [0, 0.1) is 6.92 Å². The number of aromatic nitrogens is 1. The molecule has 0 aliphatic heterocycles. The summed E-state index contributed by atoms with van der Waals surface area (Å²) in [4.78, 5) is 10.6. The smallest absolute Gasteiger partial charge is 0.493 e. The molecule has 0 spiro atoms. The molecule has 1 heterocycles. The summed E-state index contributed by atoms with van der Waals surface area (Å²) >= 11 is 0. The van der Waals surface area contributed by atoms with E-state index in [4.69, 9.17) is 23.3 Å². The lowest BCUT2D eigenvalue weighted by molar-refractivity contribution is -0.662. The Kier molecular flexibility index (Phi) is 15.7. The Morgan fingerprint density at radius 3 is 2.10 bits per heavy atom. The summed E-state index contributed by atoms with van der Waals surface area (Å²) in [6, 6.07) is 25.0. The number of pyridine rings is 1. The Morgan fingerprint density at radius 2 is 1.35 bits per heavy atom. The number of phosphoric acid groups is 1. The molecule has 8 nitrogen and oxygen atoms in total. The van der Waals surface area contributed by atoms with Crippen LogP contribution in [0.4, 0.5) is 0 Å². The Balaban J connectivity index is 1.22. The van der Waals surface area contributed by atoms with Crippen molar-refractivity contribution in [3.8, 4) is 17.2 Å². The topological polar surface area (TPSA) is 87.3 Å². The molecule has 9 heteroatoms. The van der Waals surface area contributed by atoms with Gasteiger partial charge in [-0.15, -0.1) is 0 Å². The van der Waals surface area contributed by atoms with Gasteiger partial charge in [-0.2, -0.15) is 4.57 Å². The van der Waals surface area contributed by atoms with Crippen LogP contribution < -0.4 is 18.6 Å². The van der Waals surface area contributed by atoms with E-state index in [2.05, 4.69) is 11.5 Å². The van der Waals surface area contributed by atoms with Crippen molar-refractivity contribution in [2.75, 3.05) is 26.9 Å². The third-order valence-electron chi connectivity index (χ3n) is 8.49. The van der Waals surface area contributed by atoms with E-state index in [-0.39, 0.29) is 19.0 Å². The first-order valence-electron chi connectivity index (χ1n) is 17.4. The van der Waals surface area contributed by atoms with Gasteiger partial charge in [0, 0.05) is 30.2 Å². The van der Waals surface area contributed by atoms with Gasteiger partial charge < -0.3 is 18.7 Å². The number of ether oxygens (including phenoxy) is 3. The molecule has 4 aromatic rings. The van der Waals surface area contributed by atoms with E-state index < -0.39 is 13.9 Å². The van der Waals surface area contributed by atoms with E-state index in [1.165, 1.54) is 64.9 Å². The van der Waals surface area contributed by atoms with Crippen LogP contribution in [-0.4, -0.2) is 37.9 Å². The molecule has 48 heavy (non-hydrogen) atoms. The highest BCUT2D eigenvalue weighted by atomic mass is 31.2. The fraction of sp³-hybridized carbons (Fsp3) is 0.462. The first-order chi connectivity index (χ1) is 23.4. The lowest BCUT2D eigenvalue weighted by Gasteiger charge is -2.20. The molecule has 260 valence electrons. The second kappa shape index (κ2) is 20.2. The van der Waals surface area contributed by atoms with Gasteiger partial charge in [0.25, 0.3) is 0 Å². The maximum Gasteiger partial charge on any atom is 0.527 e. The van der Waals surface area contributed by atoms with Crippen molar-refractivity contribution in [2.24, 2.45) is 0 Å². The maximum atomic E-state index is 13.0. The molecular weight excluding hydrogens is 625 g/mol. The number of phosphoric ester groups is 1. The van der Waals surface area contributed by atoms with Gasteiger partial charge in [0.1, 0.15) is 30.0 Å². The van der Waals surface area contributed by atoms with Crippen LogP contribution in [-0.2, 0) is 20.4 Å². The summed E-state index contributed by atoms with van der Waals surface area (Å²) in [5.74, 6) is 1.74. The standard InChI is InChI=1S/C39H52NO7P/c1-4-5-6-7-8-9-10-11-12-17-28-44-37-25-18-26-38(32(37)2)45-30-35(43-3)31-46-48(41,42)47-39-24-16-14-21-34(39)29-40-27-19-22-33-20-13-15-23-36(33)40/h13-16,18-27,35H,4-12,17,28-31H2,1-3H3/p+1. The molecule has 2 unspecified atom stereocenters. The first-order valence-corrected chi connectivity index (χ1v) is 18.9. The maximum absolute atomic E-state index is 13.0. The lowest BCUT2D eigenvalue weighted by atomic mass is 10.1. The fourth-order valence-corrected chi connectivity index (χ4v) is 6.47. The molecule has 4 rings (SSSR count). The van der Waals surface area contributed by atoms with Gasteiger partial charge in [-0.1, -0.05) is 95.0 Å². The molecular formula is C39H53NO7P+. The number of nitrogens with zero attached hydrogens (tertiary/aromatic N) is 1. The molecule has 0 aliphatic rings. The van der Waals surface area contributed by atoms with Crippen molar-refractivity contribution in [3.05, 3.63) is 96.2 Å². The highest BCUT2D eigenvalue weighted by Crippen LogP contribution is 2.45. The molecule has 2 atom stereocenters. The molecule has 1 N–H and O–H groups in total. The van der Waals surface area contributed by atoms with Crippen molar-refractivity contribution in [3.63, 3.8) is 0 Å². The summed E-state index contributed by atoms with van der Waals surface area (Å²) in [6.07, 6.45) is 14.2. The summed E-state index contributed by atoms with van der Waals surface area (Å²) in [5.41, 5.74) is 2.69. The molecule has 1 aromatic heterocycles. The largest absolute Gasteiger partial charge is 0.527 e. The zero-order valence-corrected chi connectivity index (χ0v) is 29.7. The van der Waals surface area contributed by atoms with Gasteiger partial charge in [-0.3, -0.25) is 9.42 Å². The van der Waals surface area contributed by atoms with Gasteiger partial charge in [0.05, 0.1) is 18.8 Å². The van der Waals surface area contributed by atoms with E-state index in [0.29, 0.717) is 18.9 Å². The summed E-state index contributed by atoms with van der Waals surface area (Å²) in [5, 5.41) is 1.10. The average Bonchev–Trinajstić information content (AvgIpc) is 3.09. The minimum atomic E-state index is -4.47. The summed E-state index contributed by atoms with van der Waals surface area (Å²) < 4.78 is 43.7. The highest BCUT2D eigenvalue weighted by Gasteiger charge is 2.27. The zero-order chi connectivity index (χ0) is 34.0. The van der Waals surface area contributed by atoms with Gasteiger partial charge in [0.15, 0.2) is 12.7 Å². The Labute approximate surface area is 286 Å². The van der Waals surface area contributed by atoms with E-state index in [0.717, 1.165) is 34.2 Å². The quantitative estimate of drug-likeness (QED) is 0.0475. The lowest BCUT2D eigenvalue weighted by Crippen LogP contribution is -2.34. The number of methoxy groups -OCH3 is 1. The monoisotopic (exact) mass is 678 g/mol. The molecule has 0 saturated carbocycles. The second-order valence-corrected chi connectivity index (χ2v) is 13.6. The van der Waals surface area contributed by atoms with Crippen LogP contribution in [0.5, 0.6) is 17.2 Å². The Morgan fingerprint density at radius 1 is 0.729 bits per heavy atom. The SMILES string of the molecule is CCCCCCCCCCCCOc1cccc(OCC(COP(=O)(O)Oc2ccccc2C[n+]2cccc3ccccc32)OC)c1C. The normalized spacial score (nSPS) is 13.2. The van der Waals surface area contributed by atoms with Crippen molar-refractivity contribution < 1.29 is 37.3 Å². The van der Waals surface area contributed by atoms with Crippen molar-refractivity contribution in [2.45, 2.75) is 90.7 Å². The average molecular weight is 679 g/mol. The van der Waals surface area contributed by atoms with E-state index in [9.17, 15) is 9.46 Å². The van der Waals surface area contributed by atoms with Gasteiger partial charge in [-0.25, -0.2) is 4.57 Å². The van der Waals surface area contributed by atoms with Crippen LogP contribution >= 0.6 is 7.82 Å². The van der Waals surface area contributed by atoms with Crippen LogP contribution in [0.25, 0.3) is 10.9 Å². The number of rotatable bonds is 23. The zero-order valence-electron chi connectivity index (χ0n) is 28.9. The molecule has 0 fully saturated rings. The molecule has 0 amide bonds. The Bertz CT molecular complexity index is 1570. The molecule has 0 bridgehead atoms. The van der Waals surface area contributed by atoms with Crippen molar-refractivity contribution in [1.82, 2.24) is 0 Å². The number of unbranched alkanes of at least 4 members (excludes halogenated alkanes) is 9. The van der Waals surface area contributed by atoms with Crippen LogP contribution in [0.2, 0.25) is 0 Å². The number of fused-ring (bicyclic) bond motifs is 1. The molecule has 3 aromatic carbocycles. The van der Waals surface area contributed by atoms with Crippen molar-refractivity contribution in [1.29, 1.82) is 0 Å². The van der Waals surface area contributed by atoms with Gasteiger partial charge >= 0.3 is 7.82 Å². The van der Waals surface area contributed by atoms with Gasteiger partial charge in [-0.05, 0) is 49.7 Å². The Hall–Kier alpha value is -3.42. The van der Waals surface area contributed by atoms with E-state index in [1.807, 2.05) is 79.9 Å². The summed E-state index contributed by atoms with van der Waals surface area (Å²) in [7, 11) is -2.96. The van der Waals surface area contributed by atoms with E-state index in [1.54, 1.807) is 12.1 Å². The minimum absolute atomic E-state index is 0.119. The number of para-hydroxylation sites is 2. The molecule has 0 radical (unpaired) electrons. The summed E-state index contributed by atoms with van der Waals surface area (Å²) in [6.45, 7) is 5.27. The third kappa shape index (κ3) is 12.2. The van der Waals surface area contributed by atoms with Crippen molar-refractivity contribution >= 4 is 18.7 Å². The second-order valence-electron chi connectivity index (χ2n) is 12.2. The predicted octanol–water partition coefficient (Wildman–Crippen LogP) is 9.37. The van der Waals surface area contributed by atoms with E-state index >= 15 is 0 Å². The van der Waals surface area contributed by atoms with Crippen LogP contribution in [0.1, 0.15) is 82.3 Å².